The van der Waals surface area contributed by atoms with Crippen molar-refractivity contribution >= 4 is 0 Å². The Hall–Kier alpha value is -0.300. The van der Waals surface area contributed by atoms with Gasteiger partial charge in [0.2, 0.25) is 0 Å². The lowest BCUT2D eigenvalue weighted by Crippen LogP contribution is -2.23. The predicted molar refractivity (Wildman–Crippen MR) is 45.2 cm³/mol. The van der Waals surface area contributed by atoms with Crippen molar-refractivity contribution in [2.24, 2.45) is 11.8 Å². The summed E-state index contributed by atoms with van der Waals surface area (Å²) in [5, 5.41) is 9.78. The van der Waals surface area contributed by atoms with E-state index in [9.17, 15) is 5.11 Å². The first-order valence-electron chi connectivity index (χ1n) is 4.71. The molecule has 11 heavy (non-hydrogen) atoms. The smallest absolute Gasteiger partial charge is 0.0599 e. The van der Waals surface area contributed by atoms with Gasteiger partial charge in [0, 0.05) is 0 Å². The third-order valence-electron chi connectivity index (χ3n) is 2.90. The van der Waals surface area contributed by atoms with Gasteiger partial charge in [0.15, 0.2) is 0 Å². The fraction of sp³-hybridized carbons (Fsp3) is 0.800. The molecule has 1 heteroatoms. The molecule has 1 fully saturated rings. The lowest BCUT2D eigenvalue weighted by Gasteiger charge is -2.23. The maximum Gasteiger partial charge on any atom is 0.0599 e. The van der Waals surface area contributed by atoms with E-state index in [4.69, 9.17) is 0 Å². The highest BCUT2D eigenvalue weighted by Gasteiger charge is 2.34. The van der Waals surface area contributed by atoms with Crippen LogP contribution in [0.15, 0.2) is 12.2 Å². The third-order valence-corrected chi connectivity index (χ3v) is 2.90. The molecule has 0 spiro atoms. The van der Waals surface area contributed by atoms with E-state index in [-0.39, 0.29) is 6.10 Å². The summed E-state index contributed by atoms with van der Waals surface area (Å²) in [6.07, 6.45) is 10.5. The van der Waals surface area contributed by atoms with E-state index in [1.54, 1.807) is 0 Å². The zero-order valence-electron chi connectivity index (χ0n) is 6.87. The van der Waals surface area contributed by atoms with Gasteiger partial charge in [-0.25, -0.2) is 0 Å². The largest absolute Gasteiger partial charge is 0.393 e. The molecule has 0 aromatic rings. The zero-order chi connectivity index (χ0) is 7.68. The molecule has 0 heterocycles. The third kappa shape index (κ3) is 1.64. The van der Waals surface area contributed by atoms with Crippen molar-refractivity contribution in [2.45, 2.75) is 38.2 Å². The van der Waals surface area contributed by atoms with Crippen LogP contribution >= 0.6 is 0 Å². The van der Waals surface area contributed by atoms with Crippen molar-refractivity contribution in [2.75, 3.05) is 0 Å². The predicted octanol–water partition coefficient (Wildman–Crippen LogP) is 2.11. The highest BCUT2D eigenvalue weighted by molar-refractivity contribution is 4.95. The topological polar surface area (TPSA) is 20.2 Å². The van der Waals surface area contributed by atoms with E-state index in [1.807, 2.05) is 0 Å². The molecule has 1 saturated carbocycles. The summed E-state index contributed by atoms with van der Waals surface area (Å²) in [4.78, 5) is 0. The van der Waals surface area contributed by atoms with Crippen LogP contribution < -0.4 is 0 Å². The number of hydrogen-bond acceptors (Lipinski definition) is 1. The van der Waals surface area contributed by atoms with Gasteiger partial charge in [-0.15, -0.1) is 0 Å². The molecule has 0 aromatic carbocycles. The van der Waals surface area contributed by atoms with Crippen LogP contribution in [0.25, 0.3) is 0 Å². The first kappa shape index (κ1) is 7.35. The van der Waals surface area contributed by atoms with E-state index in [0.29, 0.717) is 11.8 Å². The summed E-state index contributed by atoms with van der Waals surface area (Å²) in [5.41, 5.74) is 0. The van der Waals surface area contributed by atoms with E-state index in [1.165, 1.54) is 25.7 Å². The number of hydrogen-bond donors (Lipinski definition) is 1. The van der Waals surface area contributed by atoms with Gasteiger partial charge in [0.05, 0.1) is 6.10 Å². The Labute approximate surface area is 68.1 Å². The molecule has 2 atom stereocenters. The summed E-state index contributed by atoms with van der Waals surface area (Å²) in [5.74, 6) is 1.24. The summed E-state index contributed by atoms with van der Waals surface area (Å²) in [6, 6.07) is 0. The lowest BCUT2D eigenvalue weighted by atomic mass is 9.87. The molecule has 0 bridgehead atoms. The summed E-state index contributed by atoms with van der Waals surface area (Å²) in [7, 11) is 0. The van der Waals surface area contributed by atoms with Crippen molar-refractivity contribution < 1.29 is 5.11 Å². The van der Waals surface area contributed by atoms with E-state index in [0.717, 1.165) is 6.42 Å². The van der Waals surface area contributed by atoms with Gasteiger partial charge in [0.1, 0.15) is 0 Å². The van der Waals surface area contributed by atoms with Gasteiger partial charge in [-0.1, -0.05) is 12.2 Å². The number of rotatable bonds is 2. The van der Waals surface area contributed by atoms with Crippen LogP contribution in [-0.4, -0.2) is 11.2 Å². The molecule has 2 unspecified atom stereocenters. The molecule has 0 aromatic heterocycles. The highest BCUT2D eigenvalue weighted by atomic mass is 16.3. The Morgan fingerprint density at radius 1 is 1.09 bits per heavy atom. The van der Waals surface area contributed by atoms with Crippen LogP contribution in [0, 0.1) is 11.8 Å². The molecular weight excluding hydrogens is 136 g/mol. The Balaban J connectivity index is 1.87. The fourth-order valence-electron chi connectivity index (χ4n) is 1.95. The van der Waals surface area contributed by atoms with E-state index >= 15 is 0 Å². The first-order valence-corrected chi connectivity index (χ1v) is 4.71. The van der Waals surface area contributed by atoms with Gasteiger partial charge in [-0.2, -0.15) is 0 Å². The van der Waals surface area contributed by atoms with Crippen LogP contribution in [0.3, 0.4) is 0 Å². The molecule has 2 aliphatic carbocycles. The Morgan fingerprint density at radius 3 is 2.45 bits per heavy atom. The van der Waals surface area contributed by atoms with Gasteiger partial charge in [-0.3, -0.25) is 0 Å². The second-order valence-corrected chi connectivity index (χ2v) is 3.87. The van der Waals surface area contributed by atoms with Crippen LogP contribution in [0.1, 0.15) is 32.1 Å². The van der Waals surface area contributed by atoms with Crippen molar-refractivity contribution in [1.29, 1.82) is 0 Å². The van der Waals surface area contributed by atoms with Gasteiger partial charge < -0.3 is 5.11 Å². The second-order valence-electron chi connectivity index (χ2n) is 3.87. The molecule has 0 radical (unpaired) electrons. The number of aliphatic hydroxyl groups is 1. The molecule has 0 saturated heterocycles. The molecule has 0 aliphatic heterocycles. The average molecular weight is 152 g/mol. The minimum Gasteiger partial charge on any atom is -0.393 e. The van der Waals surface area contributed by atoms with Crippen LogP contribution in [0.4, 0.5) is 0 Å². The summed E-state index contributed by atoms with van der Waals surface area (Å²) in [6.45, 7) is 0. The molecule has 62 valence electrons. The van der Waals surface area contributed by atoms with Crippen LogP contribution in [-0.2, 0) is 0 Å². The van der Waals surface area contributed by atoms with Crippen LogP contribution in [0.2, 0.25) is 0 Å². The van der Waals surface area contributed by atoms with Gasteiger partial charge in [-0.05, 0) is 43.9 Å². The molecule has 2 rings (SSSR count). The molecular formula is C10H16O. The van der Waals surface area contributed by atoms with E-state index in [2.05, 4.69) is 12.2 Å². The van der Waals surface area contributed by atoms with Crippen molar-refractivity contribution in [3.8, 4) is 0 Å². The van der Waals surface area contributed by atoms with Crippen molar-refractivity contribution in [3.63, 3.8) is 0 Å². The van der Waals surface area contributed by atoms with Crippen LogP contribution in [0.5, 0.6) is 0 Å². The van der Waals surface area contributed by atoms with E-state index < -0.39 is 0 Å². The van der Waals surface area contributed by atoms with Crippen molar-refractivity contribution in [3.05, 3.63) is 12.2 Å². The zero-order valence-corrected chi connectivity index (χ0v) is 6.87. The molecule has 1 nitrogen and oxygen atoms in total. The Bertz CT molecular complexity index is 158. The SMILES string of the molecule is OC(C1CC=CCC1)C1CC1. The standard InChI is InChI=1S/C10H16O/c11-10(9-6-7-9)8-4-2-1-3-5-8/h1-2,8-11H,3-7H2. The second kappa shape index (κ2) is 2.98. The summed E-state index contributed by atoms with van der Waals surface area (Å²) < 4.78 is 0. The maximum absolute atomic E-state index is 9.78. The maximum atomic E-state index is 9.78. The first-order chi connectivity index (χ1) is 5.38. The minimum absolute atomic E-state index is 0.0138. The molecule has 2 aliphatic rings. The fourth-order valence-corrected chi connectivity index (χ4v) is 1.95. The van der Waals surface area contributed by atoms with Gasteiger partial charge in [0.25, 0.3) is 0 Å². The summed E-state index contributed by atoms with van der Waals surface area (Å²) >= 11 is 0. The lowest BCUT2D eigenvalue weighted by molar-refractivity contribution is 0.0815. The molecule has 0 amide bonds. The minimum atomic E-state index is 0.0138. The number of allylic oxidation sites excluding steroid dienone is 2. The van der Waals surface area contributed by atoms with Crippen molar-refractivity contribution in [1.82, 2.24) is 0 Å². The highest BCUT2D eigenvalue weighted by Crippen LogP contribution is 2.38. The average Bonchev–Trinajstić information content (AvgIpc) is 2.87. The normalized spacial score (nSPS) is 33.7. The van der Waals surface area contributed by atoms with Gasteiger partial charge >= 0.3 is 0 Å². The molecule has 1 N–H and O–H groups in total. The Kier molecular flexibility index (Phi) is 1.99. The monoisotopic (exact) mass is 152 g/mol. The number of aliphatic hydroxyl groups excluding tert-OH is 1. The Morgan fingerprint density at radius 2 is 1.91 bits per heavy atom. The quantitative estimate of drug-likeness (QED) is 0.601.